The van der Waals surface area contributed by atoms with E-state index in [-0.39, 0.29) is 41.4 Å². The van der Waals surface area contributed by atoms with Crippen LogP contribution in [0.3, 0.4) is 0 Å². The maximum atomic E-state index is 10.6. The zero-order valence-electron chi connectivity index (χ0n) is 63.2. The number of aromatic hydroxyl groups is 5. The molecule has 0 unspecified atom stereocenters. The van der Waals surface area contributed by atoms with Crippen LogP contribution in [-0.4, -0.2) is 135 Å². The molecular formula is C81H114N2O27. The summed E-state index contributed by atoms with van der Waals surface area (Å²) >= 11 is 0. The van der Waals surface area contributed by atoms with Gasteiger partial charge in [0.25, 0.3) is 0 Å². The van der Waals surface area contributed by atoms with E-state index in [1.165, 1.54) is 203 Å². The fraction of sp³-hybridized carbons (Fsp3) is 0.444. The molecule has 0 bridgehead atoms. The van der Waals surface area contributed by atoms with Gasteiger partial charge >= 0.3 is 65.1 Å². The van der Waals surface area contributed by atoms with Crippen molar-refractivity contribution in [3.8, 4) is 28.7 Å². The largest absolute Gasteiger partial charge is 0.508 e. The van der Waals surface area contributed by atoms with Gasteiger partial charge in [-0.05, 0) is 136 Å². The molecular weight excluding hydrogens is 1430 g/mol. The summed E-state index contributed by atoms with van der Waals surface area (Å²) in [4.78, 5) is 112. The first kappa shape index (κ1) is 105. The van der Waals surface area contributed by atoms with E-state index in [4.69, 9.17) is 61.3 Å². The summed E-state index contributed by atoms with van der Waals surface area (Å²) in [7, 11) is 0. The molecule has 0 saturated carbocycles. The highest BCUT2D eigenvalue weighted by Gasteiger charge is 2.23. The number of nitrogens with zero attached hydrogens (tertiary/aromatic N) is 2. The molecule has 0 aliphatic carbocycles. The monoisotopic (exact) mass is 1550 g/mol. The Morgan fingerprint density at radius 2 is 0.618 bits per heavy atom. The van der Waals surface area contributed by atoms with Crippen molar-refractivity contribution in [3.63, 3.8) is 0 Å². The van der Waals surface area contributed by atoms with E-state index in [1.54, 1.807) is 43.3 Å². The van der Waals surface area contributed by atoms with Gasteiger partial charge in [-0.2, -0.15) is 0 Å². The number of phenolic OH excluding ortho intramolecular Hbond substituents is 2. The van der Waals surface area contributed by atoms with Gasteiger partial charge in [0.1, 0.15) is 33.9 Å². The second kappa shape index (κ2) is 63.4. The molecule has 0 saturated heterocycles. The summed E-state index contributed by atoms with van der Waals surface area (Å²) in [5, 5.41) is 142. The van der Waals surface area contributed by atoms with Crippen molar-refractivity contribution in [2.24, 2.45) is 0 Å². The summed E-state index contributed by atoms with van der Waals surface area (Å²) in [6.07, 6.45) is 31.6. The van der Waals surface area contributed by atoms with Gasteiger partial charge in [0.05, 0.1) is 26.5 Å². The van der Waals surface area contributed by atoms with Gasteiger partial charge in [-0.3, -0.25) is 34.6 Å². The van der Waals surface area contributed by atoms with Gasteiger partial charge in [-0.15, -0.1) is 0 Å². The minimum Gasteiger partial charge on any atom is -0.508 e. The highest BCUT2D eigenvalue weighted by Crippen LogP contribution is 2.32. The highest BCUT2D eigenvalue weighted by molar-refractivity contribution is 5.94. The standard InChI is InChI=1S/C13H26O2.C11H22O2.C10H20O2.2C8H7NO5.C8H8O3.C8H8O2.2C7H6O3.CH4/c1-2-3-4-5-6-7-8-9-10-11-12-13(14)15;1-2-3-4-5-6-7-8-9-10-11(12)13;1-2-3-4-5-6-7-8-9-10(11)12;2*1-4-2-5(8(11)12)7(10)6(3-4)9(13)14;1-5-4-6(8(10)11)2-3-7(5)9;1-6-2-4-7(5-3-6)8(9)10;8-6-3-1-2-5(4-6)7(9)10;8-6-4-2-1-3-5(6)7(9)10;/h2-12H2,1H3,(H,14,15);2-10H2,1H3,(H,12,13);2-9H2,1H3,(H,11,12);2*2-3,10H,1H3,(H,11,12);2-4,9H,1H3,(H,10,11);2-5H,1H3,(H,9,10);2*1-4,8H,(H,9,10);1H4. The number of carboxylic acids is 9. The molecule has 6 rings (SSSR count). The number of carboxylic acid groups (broad SMARTS) is 9. The fourth-order valence-corrected chi connectivity index (χ4v) is 9.31. The number of unbranched alkanes of at least 4 members (excludes halogenated alkanes) is 22. The predicted molar refractivity (Wildman–Crippen MR) is 417 cm³/mol. The van der Waals surface area contributed by atoms with Gasteiger partial charge in [0.15, 0.2) is 0 Å². The van der Waals surface area contributed by atoms with Gasteiger partial charge < -0.3 is 71.5 Å². The van der Waals surface area contributed by atoms with E-state index in [2.05, 4.69) is 20.8 Å². The average molecular weight is 1550 g/mol. The third-order valence-corrected chi connectivity index (χ3v) is 15.3. The van der Waals surface area contributed by atoms with Crippen LogP contribution in [-0.2, 0) is 14.4 Å². The van der Waals surface area contributed by atoms with Crippen LogP contribution in [0.25, 0.3) is 0 Å². The first-order chi connectivity index (χ1) is 51.4. The van der Waals surface area contributed by atoms with E-state index in [0.29, 0.717) is 41.5 Å². The Balaban J connectivity index is -0.000000576. The van der Waals surface area contributed by atoms with Crippen molar-refractivity contribution < 1.29 is 124 Å². The quantitative estimate of drug-likeness (QED) is 0.00987. The predicted octanol–water partition coefficient (Wildman–Crippen LogP) is 19.7. The van der Waals surface area contributed by atoms with Crippen LogP contribution in [0.2, 0.25) is 0 Å². The first-order valence-electron chi connectivity index (χ1n) is 35.8. The van der Waals surface area contributed by atoms with Gasteiger partial charge in [0.2, 0.25) is 11.5 Å². The number of rotatable bonds is 36. The summed E-state index contributed by atoms with van der Waals surface area (Å²) in [6.45, 7) is 13.3. The first-order valence-corrected chi connectivity index (χ1v) is 35.8. The number of benzene rings is 6. The Morgan fingerprint density at radius 1 is 0.309 bits per heavy atom. The summed E-state index contributed by atoms with van der Waals surface area (Å²) in [5.74, 6) is -10.5. The van der Waals surface area contributed by atoms with Crippen LogP contribution in [0.1, 0.15) is 292 Å². The van der Waals surface area contributed by atoms with Gasteiger partial charge in [-0.25, -0.2) is 28.8 Å². The SMILES string of the molecule is C.CCCCCCCCCC(=O)O.CCCCCCCCCCC(=O)O.CCCCCCCCCCCCC(=O)O.Cc1cc(C(=O)O)c(O)c([N+](=O)[O-])c1.Cc1cc(C(=O)O)c(O)c([N+](=O)[O-])c1.Cc1cc(C(=O)O)ccc1O.Cc1ccc(C(=O)O)cc1.O=C(O)c1cccc(O)c1.O=C(O)c1ccccc1O. The summed E-state index contributed by atoms with van der Waals surface area (Å²) < 4.78 is 0. The van der Waals surface area contributed by atoms with Crippen molar-refractivity contribution in [2.75, 3.05) is 0 Å². The fourth-order valence-electron chi connectivity index (χ4n) is 9.31. The lowest BCUT2D eigenvalue weighted by Crippen LogP contribution is -2.00. The van der Waals surface area contributed by atoms with Crippen LogP contribution in [0.4, 0.5) is 11.4 Å². The normalized spacial score (nSPS) is 9.70. The zero-order valence-corrected chi connectivity index (χ0v) is 63.2. The van der Waals surface area contributed by atoms with Crippen molar-refractivity contribution in [2.45, 2.75) is 236 Å². The lowest BCUT2D eigenvalue weighted by Gasteiger charge is -2.01. The number of aliphatic carboxylic acids is 3. The maximum absolute atomic E-state index is 10.6. The molecule has 0 amide bonds. The molecule has 610 valence electrons. The number of aromatic carboxylic acids is 6. The van der Waals surface area contributed by atoms with Crippen molar-refractivity contribution in [1.29, 1.82) is 0 Å². The topological polar surface area (TPSA) is 523 Å². The molecule has 6 aromatic carbocycles. The molecule has 6 aromatic rings. The Labute approximate surface area is 642 Å². The lowest BCUT2D eigenvalue weighted by atomic mass is 10.1. The van der Waals surface area contributed by atoms with Crippen LogP contribution in [0.5, 0.6) is 28.7 Å². The Morgan fingerprint density at radius 3 is 0.882 bits per heavy atom. The van der Waals surface area contributed by atoms with Crippen LogP contribution < -0.4 is 0 Å². The summed E-state index contributed by atoms with van der Waals surface area (Å²) in [6, 6.07) is 26.8. The molecule has 0 aromatic heterocycles. The molecule has 0 aliphatic rings. The van der Waals surface area contributed by atoms with E-state index < -0.39 is 97.6 Å². The molecule has 29 heteroatoms. The Bertz CT molecular complexity index is 3570. The molecule has 0 aliphatic heterocycles. The second-order valence-electron chi connectivity index (χ2n) is 24.8. The van der Waals surface area contributed by atoms with E-state index in [1.807, 2.05) is 6.92 Å². The number of hydrogen-bond donors (Lipinski definition) is 14. The van der Waals surface area contributed by atoms with Crippen molar-refractivity contribution >= 4 is 65.1 Å². The average Bonchev–Trinajstić information content (AvgIpc) is 0.827. The van der Waals surface area contributed by atoms with Crippen LogP contribution in [0, 0.1) is 47.9 Å². The molecule has 0 spiro atoms. The van der Waals surface area contributed by atoms with E-state index >= 15 is 0 Å². The number of nitro benzene ring substituents is 2. The third-order valence-electron chi connectivity index (χ3n) is 15.3. The highest BCUT2D eigenvalue weighted by atomic mass is 16.6. The van der Waals surface area contributed by atoms with Crippen LogP contribution >= 0.6 is 0 Å². The minimum absolute atomic E-state index is 0. The zero-order chi connectivity index (χ0) is 83.4. The van der Waals surface area contributed by atoms with Crippen LogP contribution in [0.15, 0.2) is 115 Å². The molecule has 0 heterocycles. The number of carbonyl (C=O) groups is 9. The number of hydrogen-bond acceptors (Lipinski definition) is 18. The minimum atomic E-state index is -1.39. The Hall–Kier alpha value is -11.7. The number of nitro groups is 2. The Kier molecular flexibility index (Phi) is 60.4. The molecule has 110 heavy (non-hydrogen) atoms. The molecule has 0 fully saturated rings. The van der Waals surface area contributed by atoms with Gasteiger partial charge in [-0.1, -0.05) is 205 Å². The number of phenols is 5. The maximum Gasteiger partial charge on any atom is 0.339 e. The molecule has 29 nitrogen and oxygen atoms in total. The number of aryl methyl sites for hydroxylation is 4. The summed E-state index contributed by atoms with van der Waals surface area (Å²) in [5.41, 5.74) is 0.917. The van der Waals surface area contributed by atoms with E-state index in [0.717, 1.165) is 56.2 Å². The number of para-hydroxylation sites is 1. The van der Waals surface area contributed by atoms with Gasteiger partial charge in [0, 0.05) is 31.4 Å². The lowest BCUT2D eigenvalue weighted by molar-refractivity contribution is -0.386. The second-order valence-corrected chi connectivity index (χ2v) is 24.8. The van der Waals surface area contributed by atoms with Crippen molar-refractivity contribution in [3.05, 3.63) is 191 Å². The molecule has 0 atom stereocenters. The third kappa shape index (κ3) is 54.0. The molecule has 14 N–H and O–H groups in total. The van der Waals surface area contributed by atoms with Crippen molar-refractivity contribution in [1.82, 2.24) is 0 Å². The molecule has 0 radical (unpaired) electrons. The smallest absolute Gasteiger partial charge is 0.339 e. The van der Waals surface area contributed by atoms with E-state index in [9.17, 15) is 73.6 Å².